The molecule has 0 aliphatic rings. The van der Waals surface area contributed by atoms with E-state index in [0.29, 0.717) is 0 Å². The molecule has 1 amide bonds. The highest BCUT2D eigenvalue weighted by Crippen LogP contribution is 2.23. The van der Waals surface area contributed by atoms with Crippen LogP contribution in [-0.4, -0.2) is 16.0 Å². The van der Waals surface area contributed by atoms with Crippen molar-refractivity contribution in [3.8, 4) is 5.75 Å². The maximum absolute atomic E-state index is 12.2. The first-order valence-corrected chi connectivity index (χ1v) is 6.16. The van der Waals surface area contributed by atoms with E-state index in [1.165, 1.54) is 18.5 Å². The number of pyridine rings is 1. The number of carbonyl (C=O) groups excluding carboxylic acids is 1. The number of hydrogen-bond donors (Lipinski definition) is 2. The molecule has 1 aromatic carbocycles. The third kappa shape index (κ3) is 2.73. The van der Waals surface area contributed by atoms with Crippen LogP contribution >= 0.6 is 0 Å². The van der Waals surface area contributed by atoms with E-state index in [-0.39, 0.29) is 17.2 Å². The number of nitrogens with one attached hydrogen (secondary N) is 1. The van der Waals surface area contributed by atoms with Gasteiger partial charge in [0.1, 0.15) is 5.75 Å². The van der Waals surface area contributed by atoms with Crippen LogP contribution in [0.25, 0.3) is 0 Å². The SMILES string of the molecule is CCc1cccc(C)c1NC(=O)c1ccncc1O. The molecule has 2 N–H and O–H groups in total. The summed E-state index contributed by atoms with van der Waals surface area (Å²) in [6, 6.07) is 7.39. The van der Waals surface area contributed by atoms with Gasteiger partial charge in [-0.2, -0.15) is 0 Å². The van der Waals surface area contributed by atoms with Crippen LogP contribution in [-0.2, 0) is 6.42 Å². The van der Waals surface area contributed by atoms with E-state index in [2.05, 4.69) is 10.3 Å². The molecule has 0 saturated heterocycles. The Morgan fingerprint density at radius 3 is 2.84 bits per heavy atom. The Hall–Kier alpha value is -2.36. The summed E-state index contributed by atoms with van der Waals surface area (Å²) in [7, 11) is 0. The molecule has 0 fully saturated rings. The molecule has 0 unspecified atom stereocenters. The van der Waals surface area contributed by atoms with Crippen molar-refractivity contribution in [2.24, 2.45) is 0 Å². The van der Waals surface area contributed by atoms with Crippen molar-refractivity contribution < 1.29 is 9.90 Å². The van der Waals surface area contributed by atoms with Crippen molar-refractivity contribution in [3.05, 3.63) is 53.3 Å². The topological polar surface area (TPSA) is 62.2 Å². The van der Waals surface area contributed by atoms with Gasteiger partial charge in [0.15, 0.2) is 0 Å². The molecular weight excluding hydrogens is 240 g/mol. The average Bonchev–Trinajstić information content (AvgIpc) is 2.41. The summed E-state index contributed by atoms with van der Waals surface area (Å²) in [5, 5.41) is 12.5. The second-order valence-electron chi connectivity index (χ2n) is 4.31. The summed E-state index contributed by atoms with van der Waals surface area (Å²) in [5.74, 6) is -0.449. The van der Waals surface area contributed by atoms with Crippen LogP contribution in [0.1, 0.15) is 28.4 Å². The second kappa shape index (κ2) is 5.52. The minimum atomic E-state index is -0.330. The Bertz CT molecular complexity index is 609. The Balaban J connectivity index is 2.32. The summed E-state index contributed by atoms with van der Waals surface area (Å²) in [5.41, 5.74) is 3.11. The molecule has 1 heterocycles. The van der Waals surface area contributed by atoms with E-state index in [4.69, 9.17) is 0 Å². The van der Waals surface area contributed by atoms with Crippen LogP contribution in [0.2, 0.25) is 0 Å². The smallest absolute Gasteiger partial charge is 0.259 e. The molecule has 19 heavy (non-hydrogen) atoms. The number of aromatic hydroxyl groups is 1. The lowest BCUT2D eigenvalue weighted by Crippen LogP contribution is -2.14. The van der Waals surface area contributed by atoms with Crippen molar-refractivity contribution in [1.82, 2.24) is 4.98 Å². The van der Waals surface area contributed by atoms with Gasteiger partial charge < -0.3 is 10.4 Å². The van der Waals surface area contributed by atoms with Crippen molar-refractivity contribution in [2.45, 2.75) is 20.3 Å². The zero-order chi connectivity index (χ0) is 13.8. The lowest BCUT2D eigenvalue weighted by molar-refractivity contribution is 0.102. The predicted octanol–water partition coefficient (Wildman–Crippen LogP) is 2.91. The number of hydrogen-bond acceptors (Lipinski definition) is 3. The molecular formula is C15H16N2O2. The maximum Gasteiger partial charge on any atom is 0.259 e. The average molecular weight is 256 g/mol. The summed E-state index contributed by atoms with van der Waals surface area (Å²) in [6.07, 6.45) is 3.57. The molecule has 0 spiro atoms. The van der Waals surface area contributed by atoms with E-state index < -0.39 is 0 Å². The molecule has 4 heteroatoms. The number of benzene rings is 1. The minimum Gasteiger partial charge on any atom is -0.505 e. The number of aromatic nitrogens is 1. The highest BCUT2D eigenvalue weighted by molar-refractivity contribution is 6.06. The van der Waals surface area contributed by atoms with Gasteiger partial charge in [0.25, 0.3) is 5.91 Å². The molecule has 0 aliphatic heterocycles. The maximum atomic E-state index is 12.2. The lowest BCUT2D eigenvalue weighted by Gasteiger charge is -2.13. The molecule has 1 aromatic heterocycles. The lowest BCUT2D eigenvalue weighted by atomic mass is 10.1. The first-order valence-electron chi connectivity index (χ1n) is 6.16. The van der Waals surface area contributed by atoms with Gasteiger partial charge >= 0.3 is 0 Å². The number of amides is 1. The van der Waals surface area contributed by atoms with E-state index in [9.17, 15) is 9.90 Å². The molecule has 2 rings (SSSR count). The molecule has 4 nitrogen and oxygen atoms in total. The Morgan fingerprint density at radius 1 is 1.37 bits per heavy atom. The normalized spacial score (nSPS) is 10.2. The van der Waals surface area contributed by atoms with Crippen molar-refractivity contribution in [3.63, 3.8) is 0 Å². The van der Waals surface area contributed by atoms with Crippen molar-refractivity contribution >= 4 is 11.6 Å². The molecule has 0 radical (unpaired) electrons. The third-order valence-corrected chi connectivity index (χ3v) is 3.02. The largest absolute Gasteiger partial charge is 0.505 e. The molecule has 98 valence electrons. The summed E-state index contributed by atoms with van der Waals surface area (Å²) in [6.45, 7) is 3.98. The second-order valence-corrected chi connectivity index (χ2v) is 4.31. The Kier molecular flexibility index (Phi) is 3.80. The quantitative estimate of drug-likeness (QED) is 0.887. The highest BCUT2D eigenvalue weighted by atomic mass is 16.3. The number of nitrogens with zero attached hydrogens (tertiary/aromatic N) is 1. The summed E-state index contributed by atoms with van der Waals surface area (Å²) in [4.78, 5) is 15.9. The van der Waals surface area contributed by atoms with Crippen LogP contribution in [0, 0.1) is 6.92 Å². The first-order chi connectivity index (χ1) is 9.13. The van der Waals surface area contributed by atoms with E-state index in [0.717, 1.165) is 23.2 Å². The fourth-order valence-corrected chi connectivity index (χ4v) is 1.96. The molecule has 0 aliphatic carbocycles. The van der Waals surface area contributed by atoms with Crippen LogP contribution < -0.4 is 5.32 Å². The van der Waals surface area contributed by atoms with Gasteiger partial charge in [-0.05, 0) is 30.5 Å². The zero-order valence-electron chi connectivity index (χ0n) is 11.0. The Labute approximate surface area is 112 Å². The van der Waals surface area contributed by atoms with Crippen LogP contribution in [0.3, 0.4) is 0 Å². The number of para-hydroxylation sites is 1. The monoisotopic (exact) mass is 256 g/mol. The predicted molar refractivity (Wildman–Crippen MR) is 74.4 cm³/mol. The molecule has 2 aromatic rings. The van der Waals surface area contributed by atoms with Crippen LogP contribution in [0.4, 0.5) is 5.69 Å². The van der Waals surface area contributed by atoms with Crippen molar-refractivity contribution in [1.29, 1.82) is 0 Å². The molecule has 0 bridgehead atoms. The van der Waals surface area contributed by atoms with E-state index in [1.54, 1.807) is 0 Å². The molecule has 0 atom stereocenters. The van der Waals surface area contributed by atoms with Crippen LogP contribution in [0.15, 0.2) is 36.7 Å². The number of carbonyl (C=O) groups is 1. The fourth-order valence-electron chi connectivity index (χ4n) is 1.96. The molecule has 0 saturated carbocycles. The number of rotatable bonds is 3. The van der Waals surface area contributed by atoms with Gasteiger partial charge in [-0.25, -0.2) is 0 Å². The summed E-state index contributed by atoms with van der Waals surface area (Å²) >= 11 is 0. The third-order valence-electron chi connectivity index (χ3n) is 3.02. The highest BCUT2D eigenvalue weighted by Gasteiger charge is 2.13. The van der Waals surface area contributed by atoms with Crippen molar-refractivity contribution in [2.75, 3.05) is 5.32 Å². The number of anilines is 1. The standard InChI is InChI=1S/C15H16N2O2/c1-3-11-6-4-5-10(2)14(11)17-15(19)12-7-8-16-9-13(12)18/h4-9,18H,3H2,1-2H3,(H,17,19). The minimum absolute atomic E-state index is 0.119. The van der Waals surface area contributed by atoms with Gasteiger partial charge in [-0.15, -0.1) is 0 Å². The van der Waals surface area contributed by atoms with E-state index >= 15 is 0 Å². The number of aryl methyl sites for hydroxylation is 2. The van der Waals surface area contributed by atoms with E-state index in [1.807, 2.05) is 32.0 Å². The van der Waals surface area contributed by atoms with Gasteiger partial charge in [-0.1, -0.05) is 25.1 Å². The van der Waals surface area contributed by atoms with Gasteiger partial charge in [-0.3, -0.25) is 9.78 Å². The van der Waals surface area contributed by atoms with Gasteiger partial charge in [0, 0.05) is 11.9 Å². The van der Waals surface area contributed by atoms with Gasteiger partial charge in [0.2, 0.25) is 0 Å². The van der Waals surface area contributed by atoms with Gasteiger partial charge in [0.05, 0.1) is 11.8 Å². The zero-order valence-corrected chi connectivity index (χ0v) is 11.0. The summed E-state index contributed by atoms with van der Waals surface area (Å²) < 4.78 is 0. The Morgan fingerprint density at radius 2 is 2.16 bits per heavy atom. The first kappa shape index (κ1) is 13.1. The fraction of sp³-hybridized carbons (Fsp3) is 0.200. The van der Waals surface area contributed by atoms with Crippen LogP contribution in [0.5, 0.6) is 5.75 Å².